The fraction of sp³-hybridized carbons (Fsp3) is 0.900. The van der Waals surface area contributed by atoms with E-state index in [0.29, 0.717) is 6.61 Å². The van der Waals surface area contributed by atoms with E-state index < -0.39 is 11.2 Å². The number of esters is 1. The quantitative estimate of drug-likeness (QED) is 0.466. The molecule has 2 heterocycles. The molecule has 2 atom stereocenters. The van der Waals surface area contributed by atoms with E-state index in [-0.39, 0.29) is 11.6 Å². The Morgan fingerprint density at radius 2 is 2.00 bits per heavy atom. The van der Waals surface area contributed by atoms with E-state index in [9.17, 15) is 4.79 Å². The van der Waals surface area contributed by atoms with E-state index in [1.165, 1.54) is 7.11 Å². The highest BCUT2D eigenvalue weighted by atomic mass is 16.7. The fourth-order valence-electron chi connectivity index (χ4n) is 2.26. The van der Waals surface area contributed by atoms with E-state index in [0.717, 1.165) is 6.42 Å². The van der Waals surface area contributed by atoms with E-state index in [1.54, 1.807) is 6.92 Å². The molecule has 1 spiro atoms. The van der Waals surface area contributed by atoms with Crippen LogP contribution in [0.25, 0.3) is 0 Å². The van der Waals surface area contributed by atoms with Crippen molar-refractivity contribution in [2.24, 2.45) is 0 Å². The Bertz CT molecular complexity index is 286. The van der Waals surface area contributed by atoms with Gasteiger partial charge in [-0.25, -0.2) is 4.79 Å². The molecule has 0 aromatic carbocycles. The second-order valence-electron chi connectivity index (χ2n) is 4.85. The average Bonchev–Trinajstić information content (AvgIpc) is 2.53. The summed E-state index contributed by atoms with van der Waals surface area (Å²) in [5.41, 5.74) is -1.44. The van der Waals surface area contributed by atoms with Gasteiger partial charge >= 0.3 is 5.97 Å². The first-order valence-electron chi connectivity index (χ1n) is 4.78. The average molecular weight is 200 g/mol. The monoisotopic (exact) mass is 200 g/mol. The van der Waals surface area contributed by atoms with Crippen molar-refractivity contribution in [2.75, 3.05) is 13.7 Å². The smallest absolute Gasteiger partial charge is 0.341 e. The predicted molar refractivity (Wildman–Crippen MR) is 48.9 cm³/mol. The largest absolute Gasteiger partial charge is 0.467 e. The molecule has 80 valence electrons. The molecule has 0 aromatic rings. The second-order valence-corrected chi connectivity index (χ2v) is 4.85. The molecule has 2 saturated heterocycles. The van der Waals surface area contributed by atoms with Gasteiger partial charge in [-0.05, 0) is 20.8 Å². The topological polar surface area (TPSA) is 48.1 Å². The zero-order valence-corrected chi connectivity index (χ0v) is 9.05. The molecule has 2 unspecified atom stereocenters. The molecule has 2 aliphatic heterocycles. The van der Waals surface area contributed by atoms with E-state index in [4.69, 9.17) is 14.2 Å². The van der Waals surface area contributed by atoms with Gasteiger partial charge in [0.05, 0.1) is 19.3 Å². The number of carbonyl (C=O) groups excluding carboxylic acids is 1. The molecule has 2 fully saturated rings. The van der Waals surface area contributed by atoms with Gasteiger partial charge in [0, 0.05) is 6.42 Å². The first-order valence-corrected chi connectivity index (χ1v) is 4.78. The number of hydrogen-bond donors (Lipinski definition) is 0. The maximum absolute atomic E-state index is 11.5. The maximum Gasteiger partial charge on any atom is 0.341 e. The zero-order valence-electron chi connectivity index (χ0n) is 9.05. The predicted octanol–water partition coefficient (Wildman–Crippen LogP) is 0.886. The Morgan fingerprint density at radius 1 is 1.36 bits per heavy atom. The maximum atomic E-state index is 11.5. The van der Waals surface area contributed by atoms with Crippen LogP contribution < -0.4 is 0 Å². The second kappa shape index (κ2) is 2.49. The van der Waals surface area contributed by atoms with Crippen LogP contribution in [0.1, 0.15) is 27.2 Å². The third-order valence-electron chi connectivity index (χ3n) is 3.21. The third-order valence-corrected chi connectivity index (χ3v) is 3.21. The lowest BCUT2D eigenvalue weighted by Gasteiger charge is -2.15. The van der Waals surface area contributed by atoms with Gasteiger partial charge in [-0.3, -0.25) is 0 Å². The SMILES string of the molecule is COC(=O)C1(C)OC12COC(C)(C)C2. The summed E-state index contributed by atoms with van der Waals surface area (Å²) in [5, 5.41) is 0. The zero-order chi connectivity index (χ0) is 10.6. The number of ether oxygens (including phenoxy) is 3. The minimum atomic E-state index is -0.796. The standard InChI is InChI=1S/C10H16O4/c1-8(2)5-10(6-13-8)9(3,14-10)7(11)12-4/h5-6H2,1-4H3. The summed E-state index contributed by atoms with van der Waals surface area (Å²) >= 11 is 0. The van der Waals surface area contributed by atoms with Gasteiger partial charge in [0.2, 0.25) is 0 Å². The van der Waals surface area contributed by atoms with Crippen LogP contribution in [-0.4, -0.2) is 36.5 Å². The van der Waals surface area contributed by atoms with Crippen molar-refractivity contribution in [2.45, 2.75) is 44.0 Å². The molecule has 0 radical (unpaired) electrons. The molecule has 0 N–H and O–H groups in total. The van der Waals surface area contributed by atoms with Crippen LogP contribution in [0, 0.1) is 0 Å². The number of methoxy groups -OCH3 is 1. The molecule has 0 saturated carbocycles. The highest BCUT2D eigenvalue weighted by Crippen LogP contribution is 2.57. The van der Waals surface area contributed by atoms with Crippen molar-refractivity contribution in [3.8, 4) is 0 Å². The lowest BCUT2D eigenvalue weighted by molar-refractivity contribution is -0.146. The lowest BCUT2D eigenvalue weighted by Crippen LogP contribution is -2.33. The number of carbonyl (C=O) groups is 1. The van der Waals surface area contributed by atoms with Gasteiger partial charge in [0.1, 0.15) is 5.60 Å². The summed E-state index contributed by atoms with van der Waals surface area (Å²) in [4.78, 5) is 11.5. The van der Waals surface area contributed by atoms with Gasteiger partial charge in [-0.15, -0.1) is 0 Å². The molecule has 4 heteroatoms. The van der Waals surface area contributed by atoms with Crippen molar-refractivity contribution >= 4 is 5.97 Å². The number of epoxide rings is 1. The van der Waals surface area contributed by atoms with Crippen LogP contribution in [0.5, 0.6) is 0 Å². The Balaban J connectivity index is 2.14. The normalized spacial score (nSPS) is 44.0. The highest BCUT2D eigenvalue weighted by molar-refractivity contribution is 5.84. The first kappa shape index (κ1) is 9.93. The Labute approximate surface area is 83.5 Å². The van der Waals surface area contributed by atoms with Crippen LogP contribution in [-0.2, 0) is 19.0 Å². The van der Waals surface area contributed by atoms with Crippen molar-refractivity contribution in [1.29, 1.82) is 0 Å². The molecule has 0 bridgehead atoms. The van der Waals surface area contributed by atoms with Crippen LogP contribution >= 0.6 is 0 Å². The highest BCUT2D eigenvalue weighted by Gasteiger charge is 2.76. The molecular weight excluding hydrogens is 184 g/mol. The minimum absolute atomic E-state index is 0.203. The summed E-state index contributed by atoms with van der Waals surface area (Å²) < 4.78 is 15.8. The fourth-order valence-corrected chi connectivity index (χ4v) is 2.26. The summed E-state index contributed by atoms with van der Waals surface area (Å²) in [7, 11) is 1.38. The van der Waals surface area contributed by atoms with Crippen molar-refractivity contribution < 1.29 is 19.0 Å². The number of hydrogen-bond acceptors (Lipinski definition) is 4. The molecule has 14 heavy (non-hydrogen) atoms. The summed E-state index contributed by atoms with van der Waals surface area (Å²) in [5.74, 6) is -0.307. The third kappa shape index (κ3) is 1.10. The van der Waals surface area contributed by atoms with Gasteiger partial charge in [0.25, 0.3) is 0 Å². The van der Waals surface area contributed by atoms with Crippen molar-refractivity contribution in [1.82, 2.24) is 0 Å². The first-order chi connectivity index (χ1) is 6.35. The van der Waals surface area contributed by atoms with E-state index in [1.807, 2.05) is 13.8 Å². The molecule has 2 rings (SSSR count). The van der Waals surface area contributed by atoms with Crippen LogP contribution in [0.3, 0.4) is 0 Å². The van der Waals surface area contributed by atoms with Crippen LogP contribution in [0.4, 0.5) is 0 Å². The molecule has 0 amide bonds. The molecule has 0 aliphatic carbocycles. The summed E-state index contributed by atoms with van der Waals surface area (Å²) in [6, 6.07) is 0. The Kier molecular flexibility index (Phi) is 1.77. The van der Waals surface area contributed by atoms with Gasteiger partial charge in [-0.2, -0.15) is 0 Å². The van der Waals surface area contributed by atoms with Gasteiger partial charge < -0.3 is 14.2 Å². The van der Waals surface area contributed by atoms with Crippen molar-refractivity contribution in [3.63, 3.8) is 0 Å². The lowest BCUT2D eigenvalue weighted by atomic mass is 9.88. The van der Waals surface area contributed by atoms with Crippen LogP contribution in [0.15, 0.2) is 0 Å². The summed E-state index contributed by atoms with van der Waals surface area (Å²) in [6.45, 7) is 6.25. The summed E-state index contributed by atoms with van der Waals surface area (Å²) in [6.07, 6.45) is 0.742. The number of rotatable bonds is 1. The molecule has 0 aromatic heterocycles. The van der Waals surface area contributed by atoms with Gasteiger partial charge in [0.15, 0.2) is 5.60 Å². The van der Waals surface area contributed by atoms with E-state index in [2.05, 4.69) is 0 Å². The van der Waals surface area contributed by atoms with Crippen molar-refractivity contribution in [3.05, 3.63) is 0 Å². The minimum Gasteiger partial charge on any atom is -0.467 e. The van der Waals surface area contributed by atoms with E-state index >= 15 is 0 Å². The molecular formula is C10H16O4. The molecule has 2 aliphatic rings. The van der Waals surface area contributed by atoms with Gasteiger partial charge in [-0.1, -0.05) is 0 Å². The Hall–Kier alpha value is -0.610. The van der Waals surface area contributed by atoms with Crippen LogP contribution in [0.2, 0.25) is 0 Å². The molecule has 4 nitrogen and oxygen atoms in total. The Morgan fingerprint density at radius 3 is 2.43 bits per heavy atom.